The molecule has 3 rings (SSSR count). The minimum absolute atomic E-state index is 0.0252. The molecule has 0 unspecified atom stereocenters. The lowest BCUT2D eigenvalue weighted by molar-refractivity contribution is -0.123. The number of carbonyl (C=O) groups excluding carboxylic acids is 2. The van der Waals surface area contributed by atoms with Crippen LogP contribution in [0.2, 0.25) is 0 Å². The van der Waals surface area contributed by atoms with Crippen molar-refractivity contribution < 1.29 is 14.3 Å². The summed E-state index contributed by atoms with van der Waals surface area (Å²) in [5.41, 5.74) is 1.72. The van der Waals surface area contributed by atoms with Crippen molar-refractivity contribution in [1.82, 2.24) is 15.3 Å². The highest BCUT2D eigenvalue weighted by Crippen LogP contribution is 2.16. The highest BCUT2D eigenvalue weighted by Gasteiger charge is 2.19. The van der Waals surface area contributed by atoms with Gasteiger partial charge in [0.1, 0.15) is 0 Å². The Morgan fingerprint density at radius 1 is 1.17 bits per heavy atom. The molecule has 2 amide bonds. The van der Waals surface area contributed by atoms with Crippen molar-refractivity contribution in [2.45, 2.75) is 20.3 Å². The van der Waals surface area contributed by atoms with E-state index in [0.29, 0.717) is 62.2 Å². The van der Waals surface area contributed by atoms with Crippen molar-refractivity contribution in [1.29, 1.82) is 0 Å². The van der Waals surface area contributed by atoms with E-state index in [1.54, 1.807) is 6.20 Å². The summed E-state index contributed by atoms with van der Waals surface area (Å²) in [5.74, 6) is 0.192. The van der Waals surface area contributed by atoms with Crippen molar-refractivity contribution in [2.75, 3.05) is 43.1 Å². The second kappa shape index (κ2) is 9.97. The molecule has 1 aromatic carbocycles. The van der Waals surface area contributed by atoms with E-state index in [-0.39, 0.29) is 17.7 Å². The summed E-state index contributed by atoms with van der Waals surface area (Å²) < 4.78 is 5.38. The topological polar surface area (TPSA) is 96.5 Å². The zero-order chi connectivity index (χ0) is 20.6. The molecule has 0 spiro atoms. The minimum atomic E-state index is -0.269. The van der Waals surface area contributed by atoms with Crippen molar-refractivity contribution in [3.05, 3.63) is 47.8 Å². The number of amides is 2. The number of hydrogen-bond donors (Lipinski definition) is 2. The van der Waals surface area contributed by atoms with Crippen LogP contribution < -0.4 is 15.5 Å². The molecule has 2 N–H and O–H groups in total. The molecule has 1 aliphatic rings. The minimum Gasteiger partial charge on any atom is -0.378 e. The number of aromatic nitrogens is 2. The summed E-state index contributed by atoms with van der Waals surface area (Å²) >= 11 is 0. The molecular formula is C21H27N5O3. The second-order valence-corrected chi connectivity index (χ2v) is 7.15. The van der Waals surface area contributed by atoms with Gasteiger partial charge in [-0.3, -0.25) is 9.59 Å². The molecule has 0 bridgehead atoms. The van der Waals surface area contributed by atoms with Gasteiger partial charge in [0, 0.05) is 43.9 Å². The molecule has 1 saturated heterocycles. The zero-order valence-corrected chi connectivity index (χ0v) is 16.9. The van der Waals surface area contributed by atoms with E-state index in [1.807, 2.05) is 49.1 Å². The Kier molecular flexibility index (Phi) is 7.13. The molecule has 1 fully saturated rings. The van der Waals surface area contributed by atoms with Crippen LogP contribution in [0.3, 0.4) is 0 Å². The van der Waals surface area contributed by atoms with Crippen LogP contribution in [-0.4, -0.2) is 54.6 Å². The Hall–Kier alpha value is -3.00. The first-order chi connectivity index (χ1) is 14.0. The van der Waals surface area contributed by atoms with Gasteiger partial charge >= 0.3 is 0 Å². The average Bonchev–Trinajstić information content (AvgIpc) is 2.74. The van der Waals surface area contributed by atoms with Crippen LogP contribution in [0.5, 0.6) is 0 Å². The number of nitrogens with one attached hydrogen (secondary N) is 2. The SMILES string of the molecule is CC(C)C(=O)NCCc1nc(N2CCOCC2)ncc1C(=O)Nc1ccccc1. The second-order valence-electron chi connectivity index (χ2n) is 7.15. The number of anilines is 2. The van der Waals surface area contributed by atoms with Gasteiger partial charge in [-0.1, -0.05) is 32.0 Å². The number of para-hydroxylation sites is 1. The Morgan fingerprint density at radius 3 is 2.59 bits per heavy atom. The van der Waals surface area contributed by atoms with E-state index in [1.165, 1.54) is 0 Å². The summed E-state index contributed by atoms with van der Waals surface area (Å²) in [5, 5.41) is 5.76. The lowest BCUT2D eigenvalue weighted by atomic mass is 10.1. The molecule has 154 valence electrons. The first-order valence-corrected chi connectivity index (χ1v) is 9.87. The van der Waals surface area contributed by atoms with Crippen LogP contribution in [0.4, 0.5) is 11.6 Å². The molecule has 0 saturated carbocycles. The molecule has 8 heteroatoms. The number of ether oxygens (including phenoxy) is 1. The Balaban J connectivity index is 1.79. The van der Waals surface area contributed by atoms with Crippen molar-refractivity contribution in [3.8, 4) is 0 Å². The zero-order valence-electron chi connectivity index (χ0n) is 16.9. The maximum Gasteiger partial charge on any atom is 0.259 e. The van der Waals surface area contributed by atoms with Crippen LogP contribution in [-0.2, 0) is 16.0 Å². The van der Waals surface area contributed by atoms with Crippen LogP contribution in [0, 0.1) is 5.92 Å². The average molecular weight is 397 g/mol. The molecule has 8 nitrogen and oxygen atoms in total. The van der Waals surface area contributed by atoms with E-state index in [9.17, 15) is 9.59 Å². The lowest BCUT2D eigenvalue weighted by Gasteiger charge is -2.27. The normalized spacial score (nSPS) is 14.0. The molecule has 2 heterocycles. The van der Waals surface area contributed by atoms with Crippen molar-refractivity contribution in [2.24, 2.45) is 5.92 Å². The van der Waals surface area contributed by atoms with Gasteiger partial charge in [-0.2, -0.15) is 0 Å². The van der Waals surface area contributed by atoms with Gasteiger partial charge in [0.2, 0.25) is 11.9 Å². The maximum absolute atomic E-state index is 12.8. The quantitative estimate of drug-likeness (QED) is 0.741. The van der Waals surface area contributed by atoms with Crippen LogP contribution in [0.1, 0.15) is 29.9 Å². The largest absolute Gasteiger partial charge is 0.378 e. The summed E-state index contributed by atoms with van der Waals surface area (Å²) in [4.78, 5) is 35.8. The number of rotatable bonds is 7. The smallest absolute Gasteiger partial charge is 0.259 e. The summed E-state index contributed by atoms with van der Waals surface area (Å²) in [6.45, 7) is 6.75. The van der Waals surface area contributed by atoms with Crippen molar-refractivity contribution in [3.63, 3.8) is 0 Å². The summed E-state index contributed by atoms with van der Waals surface area (Å²) in [7, 11) is 0. The number of benzene rings is 1. The van der Waals surface area contributed by atoms with Crippen molar-refractivity contribution >= 4 is 23.5 Å². The summed E-state index contributed by atoms with van der Waals surface area (Å²) in [6.07, 6.45) is 2.01. The first-order valence-electron chi connectivity index (χ1n) is 9.87. The van der Waals surface area contributed by atoms with E-state index in [2.05, 4.69) is 20.6 Å². The molecule has 0 aliphatic carbocycles. The van der Waals surface area contributed by atoms with Crippen LogP contribution >= 0.6 is 0 Å². The van der Waals surface area contributed by atoms with Gasteiger partial charge in [0.25, 0.3) is 5.91 Å². The molecule has 0 radical (unpaired) electrons. The third-order valence-corrected chi connectivity index (χ3v) is 4.61. The van der Waals surface area contributed by atoms with Gasteiger partial charge in [0.05, 0.1) is 24.5 Å². The van der Waals surface area contributed by atoms with Gasteiger partial charge in [-0.05, 0) is 12.1 Å². The Labute approximate surface area is 170 Å². The fourth-order valence-corrected chi connectivity index (χ4v) is 2.93. The lowest BCUT2D eigenvalue weighted by Crippen LogP contribution is -2.37. The molecule has 1 aromatic heterocycles. The van der Waals surface area contributed by atoms with E-state index >= 15 is 0 Å². The Bertz CT molecular complexity index is 835. The number of hydrogen-bond acceptors (Lipinski definition) is 6. The summed E-state index contributed by atoms with van der Waals surface area (Å²) in [6, 6.07) is 9.25. The standard InChI is InChI=1S/C21H27N5O3/c1-15(2)19(27)22-9-8-18-17(20(28)24-16-6-4-3-5-7-16)14-23-21(25-18)26-10-12-29-13-11-26/h3-7,14-15H,8-13H2,1-2H3,(H,22,27)(H,24,28). The fourth-order valence-electron chi connectivity index (χ4n) is 2.93. The highest BCUT2D eigenvalue weighted by molar-refractivity contribution is 6.04. The molecule has 1 aliphatic heterocycles. The van der Waals surface area contributed by atoms with Gasteiger partial charge < -0.3 is 20.3 Å². The monoisotopic (exact) mass is 397 g/mol. The Morgan fingerprint density at radius 2 is 1.90 bits per heavy atom. The van der Waals surface area contributed by atoms with E-state index in [0.717, 1.165) is 0 Å². The maximum atomic E-state index is 12.8. The number of nitrogens with zero attached hydrogens (tertiary/aromatic N) is 3. The third-order valence-electron chi connectivity index (χ3n) is 4.61. The third kappa shape index (κ3) is 5.74. The molecule has 29 heavy (non-hydrogen) atoms. The predicted octanol–water partition coefficient (Wildman–Crippen LogP) is 1.88. The highest BCUT2D eigenvalue weighted by atomic mass is 16.5. The predicted molar refractivity (Wildman–Crippen MR) is 111 cm³/mol. The molecule has 2 aromatic rings. The van der Waals surface area contributed by atoms with Gasteiger partial charge in [0.15, 0.2) is 0 Å². The van der Waals surface area contributed by atoms with Crippen LogP contribution in [0.15, 0.2) is 36.5 Å². The fraction of sp³-hybridized carbons (Fsp3) is 0.429. The van der Waals surface area contributed by atoms with E-state index in [4.69, 9.17) is 4.74 Å². The van der Waals surface area contributed by atoms with E-state index < -0.39 is 0 Å². The number of carbonyl (C=O) groups is 2. The van der Waals surface area contributed by atoms with Gasteiger partial charge in [-0.15, -0.1) is 0 Å². The van der Waals surface area contributed by atoms with Gasteiger partial charge in [-0.25, -0.2) is 9.97 Å². The van der Waals surface area contributed by atoms with Crippen LogP contribution in [0.25, 0.3) is 0 Å². The molecular weight excluding hydrogens is 370 g/mol. The number of morpholine rings is 1. The molecule has 0 atom stereocenters. The first kappa shape index (κ1) is 20.7.